The smallest absolute Gasteiger partial charge is 0.275 e. The molecule has 110 valence electrons. The first-order valence-corrected chi connectivity index (χ1v) is 7.12. The van der Waals surface area contributed by atoms with Crippen LogP contribution in [0.3, 0.4) is 0 Å². The fraction of sp³-hybridized carbons (Fsp3) is 0.0667. The summed E-state index contributed by atoms with van der Waals surface area (Å²) in [5.41, 5.74) is 6.53. The van der Waals surface area contributed by atoms with Crippen molar-refractivity contribution < 1.29 is 9.59 Å². The lowest BCUT2D eigenvalue weighted by atomic mass is 10.1. The van der Waals surface area contributed by atoms with Gasteiger partial charge in [-0.2, -0.15) is 5.26 Å². The second-order valence-corrected chi connectivity index (χ2v) is 5.42. The van der Waals surface area contributed by atoms with Gasteiger partial charge in [0.2, 0.25) is 0 Å². The Balaban J connectivity index is 2.11. The number of hydrogen-bond acceptors (Lipinski definition) is 5. The first kappa shape index (κ1) is 15.4. The van der Waals surface area contributed by atoms with Crippen molar-refractivity contribution in [2.24, 2.45) is 5.73 Å². The molecule has 0 saturated heterocycles. The highest BCUT2D eigenvalue weighted by Gasteiger charge is 2.09. The number of nitrogens with zero attached hydrogens (tertiary/aromatic N) is 2. The molecule has 0 unspecified atom stereocenters. The molecule has 2 amide bonds. The maximum absolute atomic E-state index is 11.9. The van der Waals surface area contributed by atoms with E-state index in [0.29, 0.717) is 16.9 Å². The first-order valence-electron chi connectivity index (χ1n) is 6.24. The Labute approximate surface area is 130 Å². The molecule has 2 rings (SSSR count). The number of primary amides is 1. The van der Waals surface area contributed by atoms with E-state index in [1.165, 1.54) is 17.4 Å². The quantitative estimate of drug-likeness (QED) is 0.665. The van der Waals surface area contributed by atoms with Crippen LogP contribution in [0.25, 0.3) is 6.08 Å². The molecule has 0 fully saturated rings. The molecular formula is C15H12N4O2S. The Morgan fingerprint density at radius 2 is 2.05 bits per heavy atom. The number of thiazole rings is 1. The molecule has 0 aliphatic heterocycles. The SMILES string of the molecule is Cc1nc(C(=O)Nc2ccc(/C=C(/C#N)C(N)=O)cc2)cs1. The zero-order valence-electron chi connectivity index (χ0n) is 11.7. The molecule has 0 aliphatic carbocycles. The molecule has 3 N–H and O–H groups in total. The van der Waals surface area contributed by atoms with Gasteiger partial charge in [0.1, 0.15) is 17.3 Å². The van der Waals surface area contributed by atoms with Crippen molar-refractivity contribution in [3.63, 3.8) is 0 Å². The first-order chi connectivity index (χ1) is 10.5. The number of nitriles is 1. The van der Waals surface area contributed by atoms with E-state index < -0.39 is 5.91 Å². The lowest BCUT2D eigenvalue weighted by molar-refractivity contribution is -0.114. The lowest BCUT2D eigenvalue weighted by Crippen LogP contribution is -2.12. The molecule has 1 aromatic heterocycles. The van der Waals surface area contributed by atoms with Gasteiger partial charge < -0.3 is 11.1 Å². The van der Waals surface area contributed by atoms with Crippen LogP contribution < -0.4 is 11.1 Å². The Kier molecular flexibility index (Phi) is 4.66. The van der Waals surface area contributed by atoms with E-state index in [1.54, 1.807) is 35.7 Å². The second-order valence-electron chi connectivity index (χ2n) is 4.36. The van der Waals surface area contributed by atoms with Crippen LogP contribution in [0.15, 0.2) is 35.2 Å². The molecule has 0 atom stereocenters. The Bertz CT molecular complexity index is 785. The van der Waals surface area contributed by atoms with Crippen molar-refractivity contribution in [1.29, 1.82) is 5.26 Å². The summed E-state index contributed by atoms with van der Waals surface area (Å²) >= 11 is 1.40. The fourth-order valence-electron chi connectivity index (χ4n) is 1.65. The van der Waals surface area contributed by atoms with E-state index in [2.05, 4.69) is 10.3 Å². The van der Waals surface area contributed by atoms with Crippen LogP contribution in [0, 0.1) is 18.3 Å². The molecule has 0 bridgehead atoms. The summed E-state index contributed by atoms with van der Waals surface area (Å²) in [5, 5.41) is 14.0. The van der Waals surface area contributed by atoms with Crippen LogP contribution in [0.4, 0.5) is 5.69 Å². The molecule has 0 saturated carbocycles. The number of amides is 2. The highest BCUT2D eigenvalue weighted by Crippen LogP contribution is 2.15. The van der Waals surface area contributed by atoms with Gasteiger partial charge in [-0.3, -0.25) is 9.59 Å². The predicted octanol–water partition coefficient (Wildman–Crippen LogP) is 2.10. The van der Waals surface area contributed by atoms with Gasteiger partial charge in [0, 0.05) is 11.1 Å². The van der Waals surface area contributed by atoms with Gasteiger partial charge >= 0.3 is 0 Å². The highest BCUT2D eigenvalue weighted by molar-refractivity contribution is 7.09. The van der Waals surface area contributed by atoms with Crippen molar-refractivity contribution in [3.8, 4) is 6.07 Å². The third-order valence-electron chi connectivity index (χ3n) is 2.72. The largest absolute Gasteiger partial charge is 0.365 e. The summed E-state index contributed by atoms with van der Waals surface area (Å²) in [7, 11) is 0. The minimum atomic E-state index is -0.779. The average Bonchev–Trinajstić information content (AvgIpc) is 2.93. The molecule has 0 spiro atoms. The predicted molar refractivity (Wildman–Crippen MR) is 84.0 cm³/mol. The topological polar surface area (TPSA) is 109 Å². The number of benzene rings is 1. The summed E-state index contributed by atoms with van der Waals surface area (Å²) in [4.78, 5) is 27.0. The fourth-order valence-corrected chi connectivity index (χ4v) is 2.24. The summed E-state index contributed by atoms with van der Waals surface area (Å²) in [5.74, 6) is -1.07. The van der Waals surface area contributed by atoms with Gasteiger partial charge in [-0.05, 0) is 30.7 Å². The van der Waals surface area contributed by atoms with Crippen LogP contribution in [0.2, 0.25) is 0 Å². The van der Waals surface area contributed by atoms with Gasteiger partial charge in [-0.15, -0.1) is 11.3 Å². The molecule has 0 aliphatic rings. The number of rotatable bonds is 4. The molecule has 0 radical (unpaired) electrons. The minimum absolute atomic E-state index is 0.130. The lowest BCUT2D eigenvalue weighted by Gasteiger charge is -2.03. The summed E-state index contributed by atoms with van der Waals surface area (Å²) in [6, 6.07) is 8.40. The zero-order valence-corrected chi connectivity index (χ0v) is 12.5. The molecular weight excluding hydrogens is 300 g/mol. The third kappa shape index (κ3) is 3.77. The summed E-state index contributed by atoms with van der Waals surface area (Å²) < 4.78 is 0. The molecule has 6 nitrogen and oxygen atoms in total. The van der Waals surface area contributed by atoms with Gasteiger partial charge in [0.25, 0.3) is 11.8 Å². The number of carbonyl (C=O) groups is 2. The highest BCUT2D eigenvalue weighted by atomic mass is 32.1. The van der Waals surface area contributed by atoms with E-state index in [1.807, 2.05) is 6.92 Å². The van der Waals surface area contributed by atoms with E-state index >= 15 is 0 Å². The van der Waals surface area contributed by atoms with Crippen LogP contribution >= 0.6 is 11.3 Å². The van der Waals surface area contributed by atoms with Crippen LogP contribution in [-0.2, 0) is 4.79 Å². The van der Waals surface area contributed by atoms with Crippen LogP contribution in [0.1, 0.15) is 21.1 Å². The number of nitrogens with one attached hydrogen (secondary N) is 1. The Morgan fingerprint density at radius 1 is 1.36 bits per heavy atom. The molecule has 1 heterocycles. The van der Waals surface area contributed by atoms with E-state index in [9.17, 15) is 9.59 Å². The number of nitrogens with two attached hydrogens (primary N) is 1. The summed E-state index contributed by atoms with van der Waals surface area (Å²) in [6.45, 7) is 1.83. The Morgan fingerprint density at radius 3 is 2.55 bits per heavy atom. The zero-order chi connectivity index (χ0) is 16.1. The minimum Gasteiger partial charge on any atom is -0.365 e. The van der Waals surface area contributed by atoms with Crippen LogP contribution in [0.5, 0.6) is 0 Å². The second kappa shape index (κ2) is 6.65. The van der Waals surface area contributed by atoms with Crippen molar-refractivity contribution in [3.05, 3.63) is 51.5 Å². The summed E-state index contributed by atoms with van der Waals surface area (Å²) in [6.07, 6.45) is 1.39. The van der Waals surface area contributed by atoms with E-state index in [-0.39, 0.29) is 11.5 Å². The van der Waals surface area contributed by atoms with Crippen LogP contribution in [-0.4, -0.2) is 16.8 Å². The number of aryl methyl sites for hydroxylation is 1. The third-order valence-corrected chi connectivity index (χ3v) is 3.49. The van der Waals surface area contributed by atoms with Gasteiger partial charge in [0.05, 0.1) is 5.01 Å². The molecule has 7 heteroatoms. The van der Waals surface area contributed by atoms with Gasteiger partial charge in [0.15, 0.2) is 0 Å². The number of aromatic nitrogens is 1. The maximum Gasteiger partial charge on any atom is 0.275 e. The molecule has 1 aromatic carbocycles. The molecule has 2 aromatic rings. The van der Waals surface area contributed by atoms with Crippen molar-refractivity contribution in [1.82, 2.24) is 4.98 Å². The Hall–Kier alpha value is -2.98. The van der Waals surface area contributed by atoms with Gasteiger partial charge in [-0.1, -0.05) is 12.1 Å². The monoisotopic (exact) mass is 312 g/mol. The van der Waals surface area contributed by atoms with E-state index in [4.69, 9.17) is 11.0 Å². The molecule has 22 heavy (non-hydrogen) atoms. The normalized spacial score (nSPS) is 10.8. The van der Waals surface area contributed by atoms with Gasteiger partial charge in [-0.25, -0.2) is 4.98 Å². The number of carbonyl (C=O) groups excluding carboxylic acids is 2. The van der Waals surface area contributed by atoms with Crippen molar-refractivity contribution in [2.45, 2.75) is 6.92 Å². The number of hydrogen-bond donors (Lipinski definition) is 2. The van der Waals surface area contributed by atoms with E-state index in [0.717, 1.165) is 5.01 Å². The number of anilines is 1. The maximum atomic E-state index is 11.9. The standard InChI is InChI=1S/C15H12N4O2S/c1-9-18-13(8-22-9)15(21)19-12-4-2-10(3-5-12)6-11(7-16)14(17)20/h2-6,8H,1H3,(H2,17,20)(H,19,21)/b11-6-. The average molecular weight is 312 g/mol. The van der Waals surface area contributed by atoms with Crippen molar-refractivity contribution in [2.75, 3.05) is 5.32 Å². The van der Waals surface area contributed by atoms with Crippen molar-refractivity contribution >= 4 is 34.9 Å².